The van der Waals surface area contributed by atoms with Gasteiger partial charge in [0.25, 0.3) is 0 Å². The molecule has 1 aromatic carbocycles. The Morgan fingerprint density at radius 3 is 2.88 bits per heavy atom. The maximum atomic E-state index is 10.5. The molecular weight excluding hydrogens is 202 g/mol. The molecule has 1 heterocycles. The van der Waals surface area contributed by atoms with Gasteiger partial charge in [-0.1, -0.05) is 25.1 Å². The third-order valence-electron chi connectivity index (χ3n) is 2.57. The number of H-pyrrole nitrogens is 1. The number of hydrogen-bond donors (Lipinski definition) is 2. The van der Waals surface area contributed by atoms with Crippen molar-refractivity contribution in [2.24, 2.45) is 0 Å². The number of aryl methyl sites for hydroxylation is 1. The van der Waals surface area contributed by atoms with Crippen LogP contribution in [0.25, 0.3) is 17.0 Å². The molecule has 0 amide bonds. The van der Waals surface area contributed by atoms with Gasteiger partial charge in [-0.2, -0.15) is 0 Å². The van der Waals surface area contributed by atoms with E-state index in [1.807, 2.05) is 31.2 Å². The number of rotatable bonds is 3. The summed E-state index contributed by atoms with van der Waals surface area (Å²) in [6.07, 6.45) is 3.68. The van der Waals surface area contributed by atoms with Crippen LogP contribution in [-0.2, 0) is 11.2 Å². The van der Waals surface area contributed by atoms with E-state index < -0.39 is 5.97 Å². The van der Waals surface area contributed by atoms with E-state index >= 15 is 0 Å². The number of aliphatic carboxylic acids is 1. The second-order valence-corrected chi connectivity index (χ2v) is 3.59. The van der Waals surface area contributed by atoms with E-state index in [1.165, 1.54) is 6.08 Å². The van der Waals surface area contributed by atoms with Crippen LogP contribution >= 0.6 is 0 Å². The first kappa shape index (κ1) is 10.5. The van der Waals surface area contributed by atoms with Crippen LogP contribution in [0.15, 0.2) is 30.3 Å². The van der Waals surface area contributed by atoms with Crippen LogP contribution in [0.3, 0.4) is 0 Å². The van der Waals surface area contributed by atoms with E-state index in [1.54, 1.807) is 6.08 Å². The Morgan fingerprint density at radius 2 is 2.19 bits per heavy atom. The zero-order valence-corrected chi connectivity index (χ0v) is 9.03. The minimum Gasteiger partial charge on any atom is -0.478 e. The lowest BCUT2D eigenvalue weighted by molar-refractivity contribution is -0.131. The van der Waals surface area contributed by atoms with Crippen LogP contribution in [0, 0.1) is 0 Å². The second kappa shape index (κ2) is 4.23. The fraction of sp³-hybridized carbons (Fsp3) is 0.154. The van der Waals surface area contributed by atoms with Crippen LogP contribution in [0.4, 0.5) is 0 Å². The molecule has 1 aromatic heterocycles. The van der Waals surface area contributed by atoms with Gasteiger partial charge in [-0.25, -0.2) is 4.79 Å². The molecule has 0 bridgehead atoms. The molecule has 16 heavy (non-hydrogen) atoms. The molecule has 0 aliphatic carbocycles. The average molecular weight is 215 g/mol. The van der Waals surface area contributed by atoms with E-state index in [0.29, 0.717) is 0 Å². The van der Waals surface area contributed by atoms with Crippen LogP contribution in [-0.4, -0.2) is 16.1 Å². The number of nitrogens with one attached hydrogen (secondary N) is 1. The van der Waals surface area contributed by atoms with Gasteiger partial charge in [-0.05, 0) is 18.6 Å². The molecule has 0 atom stereocenters. The van der Waals surface area contributed by atoms with Gasteiger partial charge >= 0.3 is 5.97 Å². The van der Waals surface area contributed by atoms with E-state index in [9.17, 15) is 4.79 Å². The summed E-state index contributed by atoms with van der Waals surface area (Å²) < 4.78 is 0. The topological polar surface area (TPSA) is 53.1 Å². The zero-order valence-electron chi connectivity index (χ0n) is 9.03. The predicted octanol–water partition coefficient (Wildman–Crippen LogP) is 2.83. The van der Waals surface area contributed by atoms with Crippen LogP contribution in [0.5, 0.6) is 0 Å². The van der Waals surface area contributed by atoms with Crippen molar-refractivity contribution in [1.29, 1.82) is 0 Å². The highest BCUT2D eigenvalue weighted by Gasteiger charge is 2.06. The molecule has 2 aromatic rings. The summed E-state index contributed by atoms with van der Waals surface area (Å²) in [5.74, 6) is -0.924. The smallest absolute Gasteiger partial charge is 0.328 e. The van der Waals surface area contributed by atoms with Crippen LogP contribution in [0.2, 0.25) is 0 Å². The number of carboxylic acids is 1. The summed E-state index contributed by atoms with van der Waals surface area (Å²) in [7, 11) is 0. The van der Waals surface area contributed by atoms with Crippen molar-refractivity contribution in [2.45, 2.75) is 13.3 Å². The number of para-hydroxylation sites is 1. The molecule has 0 aliphatic rings. The lowest BCUT2D eigenvalue weighted by Gasteiger charge is -1.94. The number of carboxylic acid groups (broad SMARTS) is 1. The number of aromatic amines is 1. The molecule has 0 fully saturated rings. The standard InChI is InChI=1S/C13H13NO2/c1-2-11-10(7-8-13(15)16)9-5-3-4-6-12(9)14-11/h3-8,14H,2H2,1H3,(H,15,16). The maximum absolute atomic E-state index is 10.5. The Bertz CT molecular complexity index is 552. The van der Waals surface area contributed by atoms with E-state index in [4.69, 9.17) is 5.11 Å². The van der Waals surface area contributed by atoms with Crippen molar-refractivity contribution in [3.8, 4) is 0 Å². The van der Waals surface area contributed by atoms with Crippen molar-refractivity contribution < 1.29 is 9.90 Å². The van der Waals surface area contributed by atoms with Gasteiger partial charge in [0.1, 0.15) is 0 Å². The summed E-state index contributed by atoms with van der Waals surface area (Å²) in [6, 6.07) is 7.90. The number of hydrogen-bond acceptors (Lipinski definition) is 1. The van der Waals surface area contributed by atoms with Gasteiger partial charge in [-0.3, -0.25) is 0 Å². The molecule has 2 N–H and O–H groups in total. The average Bonchev–Trinajstić information content (AvgIpc) is 2.64. The SMILES string of the molecule is CCc1[nH]c2ccccc2c1C=CC(=O)O. The molecule has 0 spiro atoms. The van der Waals surface area contributed by atoms with Crippen molar-refractivity contribution in [1.82, 2.24) is 4.98 Å². The van der Waals surface area contributed by atoms with Crippen molar-refractivity contribution in [2.75, 3.05) is 0 Å². The molecule has 0 aliphatic heterocycles. The largest absolute Gasteiger partial charge is 0.478 e. The quantitative estimate of drug-likeness (QED) is 0.773. The fourth-order valence-corrected chi connectivity index (χ4v) is 1.84. The van der Waals surface area contributed by atoms with E-state index in [2.05, 4.69) is 4.98 Å². The summed E-state index contributed by atoms with van der Waals surface area (Å²) >= 11 is 0. The molecule has 2 rings (SSSR count). The normalized spacial score (nSPS) is 11.3. The molecule has 3 nitrogen and oxygen atoms in total. The predicted molar refractivity (Wildman–Crippen MR) is 64.3 cm³/mol. The second-order valence-electron chi connectivity index (χ2n) is 3.59. The first-order chi connectivity index (χ1) is 7.72. The number of fused-ring (bicyclic) bond motifs is 1. The first-order valence-corrected chi connectivity index (χ1v) is 5.23. The first-order valence-electron chi connectivity index (χ1n) is 5.23. The molecule has 0 saturated heterocycles. The number of carbonyl (C=O) groups is 1. The maximum Gasteiger partial charge on any atom is 0.328 e. The summed E-state index contributed by atoms with van der Waals surface area (Å²) in [6.45, 7) is 2.04. The number of aromatic nitrogens is 1. The fourth-order valence-electron chi connectivity index (χ4n) is 1.84. The van der Waals surface area contributed by atoms with Crippen molar-refractivity contribution >= 4 is 22.9 Å². The zero-order chi connectivity index (χ0) is 11.5. The summed E-state index contributed by atoms with van der Waals surface area (Å²) in [5.41, 5.74) is 3.09. The Balaban J connectivity index is 2.60. The molecule has 3 heteroatoms. The van der Waals surface area contributed by atoms with Crippen molar-refractivity contribution in [3.05, 3.63) is 41.6 Å². The summed E-state index contributed by atoms with van der Waals surface area (Å²) in [4.78, 5) is 13.8. The van der Waals surface area contributed by atoms with Gasteiger partial charge in [0.15, 0.2) is 0 Å². The van der Waals surface area contributed by atoms with Gasteiger partial charge < -0.3 is 10.1 Å². The van der Waals surface area contributed by atoms with Crippen LogP contribution in [0.1, 0.15) is 18.2 Å². The monoisotopic (exact) mass is 215 g/mol. The summed E-state index contributed by atoms with van der Waals surface area (Å²) in [5, 5.41) is 9.72. The Hall–Kier alpha value is -2.03. The molecule has 82 valence electrons. The third kappa shape index (κ3) is 1.84. The highest BCUT2D eigenvalue weighted by molar-refractivity contribution is 5.94. The molecule has 0 unspecified atom stereocenters. The van der Waals surface area contributed by atoms with Crippen LogP contribution < -0.4 is 0 Å². The van der Waals surface area contributed by atoms with Gasteiger partial charge in [0.05, 0.1) is 0 Å². The highest BCUT2D eigenvalue weighted by atomic mass is 16.4. The Kier molecular flexibility index (Phi) is 2.77. The number of benzene rings is 1. The van der Waals surface area contributed by atoms with E-state index in [-0.39, 0.29) is 0 Å². The van der Waals surface area contributed by atoms with Gasteiger partial charge in [0, 0.05) is 28.2 Å². The Morgan fingerprint density at radius 1 is 1.44 bits per heavy atom. The molecule has 0 saturated carbocycles. The lowest BCUT2D eigenvalue weighted by Crippen LogP contribution is -1.87. The van der Waals surface area contributed by atoms with Crippen molar-refractivity contribution in [3.63, 3.8) is 0 Å². The Labute approximate surface area is 93.4 Å². The molecule has 0 radical (unpaired) electrons. The lowest BCUT2D eigenvalue weighted by atomic mass is 10.1. The molecular formula is C13H13NO2. The van der Waals surface area contributed by atoms with Gasteiger partial charge in [0.2, 0.25) is 0 Å². The third-order valence-corrected chi connectivity index (χ3v) is 2.57. The highest BCUT2D eigenvalue weighted by Crippen LogP contribution is 2.23. The van der Waals surface area contributed by atoms with E-state index in [0.717, 1.165) is 28.6 Å². The minimum absolute atomic E-state index is 0.855. The minimum atomic E-state index is -0.924. The van der Waals surface area contributed by atoms with Gasteiger partial charge in [-0.15, -0.1) is 0 Å².